The predicted molar refractivity (Wildman–Crippen MR) is 160 cm³/mol. The van der Waals surface area contributed by atoms with Crippen molar-refractivity contribution < 1.29 is 38.1 Å². The van der Waals surface area contributed by atoms with Gasteiger partial charge in [0, 0.05) is 16.8 Å². The Bertz CT molecular complexity index is 1630. The fraction of sp³-hybridized carbons (Fsp3) is 0.125. The zero-order chi connectivity index (χ0) is 30.8. The van der Waals surface area contributed by atoms with E-state index in [4.69, 9.17) is 23.7 Å². The molecule has 11 heteroatoms. The summed E-state index contributed by atoms with van der Waals surface area (Å²) in [7, 11) is 5.79. The number of nitrogens with one attached hydrogen (secondary N) is 2. The Balaban J connectivity index is 1.41. The average molecular weight is 584 g/mol. The van der Waals surface area contributed by atoms with Gasteiger partial charge in [0.2, 0.25) is 5.75 Å². The molecule has 0 aliphatic rings. The van der Waals surface area contributed by atoms with Crippen LogP contribution in [0.1, 0.15) is 36.6 Å². The number of anilines is 1. The zero-order valence-corrected chi connectivity index (χ0v) is 23.9. The molecular weight excluding hydrogens is 554 g/mol. The summed E-state index contributed by atoms with van der Waals surface area (Å²) in [6.07, 6.45) is 1.41. The molecule has 0 aromatic heterocycles. The number of hydrogen-bond acceptors (Lipinski definition) is 9. The van der Waals surface area contributed by atoms with E-state index in [1.54, 1.807) is 60.7 Å². The molecule has 0 spiro atoms. The third kappa shape index (κ3) is 7.47. The lowest BCUT2D eigenvalue weighted by molar-refractivity contribution is 0.0728. The Morgan fingerprint density at radius 2 is 1.30 bits per heavy atom. The SMILES string of the molecule is COc1cc(C=NNC(=O)c2cccc(NC(=O)c3ccccc3)c2)ccc1OC(=O)c1cc(OC)c(OC)c(OC)c1. The summed E-state index contributed by atoms with van der Waals surface area (Å²) in [4.78, 5) is 38.0. The summed E-state index contributed by atoms with van der Waals surface area (Å²) >= 11 is 0. The molecule has 0 radical (unpaired) electrons. The first-order valence-electron chi connectivity index (χ1n) is 12.9. The molecule has 0 aliphatic carbocycles. The van der Waals surface area contributed by atoms with Crippen LogP contribution in [0.2, 0.25) is 0 Å². The molecule has 0 fully saturated rings. The second-order valence-corrected chi connectivity index (χ2v) is 8.81. The van der Waals surface area contributed by atoms with Gasteiger partial charge in [0.05, 0.1) is 40.2 Å². The first kappa shape index (κ1) is 30.1. The van der Waals surface area contributed by atoms with Crippen molar-refractivity contribution in [2.45, 2.75) is 0 Å². The fourth-order valence-corrected chi connectivity index (χ4v) is 3.97. The number of esters is 1. The lowest BCUT2D eigenvalue weighted by atomic mass is 10.1. The lowest BCUT2D eigenvalue weighted by Gasteiger charge is -2.14. The second-order valence-electron chi connectivity index (χ2n) is 8.81. The monoisotopic (exact) mass is 583 g/mol. The maximum atomic E-state index is 12.9. The number of rotatable bonds is 11. The van der Waals surface area contributed by atoms with Gasteiger partial charge in [-0.2, -0.15) is 5.10 Å². The minimum Gasteiger partial charge on any atom is -0.493 e. The number of benzene rings is 4. The van der Waals surface area contributed by atoms with E-state index >= 15 is 0 Å². The molecule has 43 heavy (non-hydrogen) atoms. The van der Waals surface area contributed by atoms with Gasteiger partial charge >= 0.3 is 5.97 Å². The quantitative estimate of drug-likeness (QED) is 0.110. The van der Waals surface area contributed by atoms with Gasteiger partial charge in [-0.1, -0.05) is 24.3 Å². The first-order valence-corrected chi connectivity index (χ1v) is 12.9. The van der Waals surface area contributed by atoms with E-state index in [1.807, 2.05) is 6.07 Å². The normalized spacial score (nSPS) is 10.5. The van der Waals surface area contributed by atoms with Gasteiger partial charge < -0.3 is 29.0 Å². The minimum absolute atomic E-state index is 0.164. The molecule has 2 amide bonds. The molecule has 0 aliphatic heterocycles. The van der Waals surface area contributed by atoms with Crippen LogP contribution in [0.4, 0.5) is 5.69 Å². The predicted octanol–water partition coefficient (Wildman–Crippen LogP) is 4.96. The molecule has 4 aromatic rings. The van der Waals surface area contributed by atoms with Crippen LogP contribution >= 0.6 is 0 Å². The van der Waals surface area contributed by atoms with Gasteiger partial charge in [0.25, 0.3) is 11.8 Å². The van der Waals surface area contributed by atoms with Crippen molar-refractivity contribution >= 4 is 29.7 Å². The Hall–Kier alpha value is -5.84. The highest BCUT2D eigenvalue weighted by molar-refractivity contribution is 6.05. The highest BCUT2D eigenvalue weighted by Gasteiger charge is 2.20. The van der Waals surface area contributed by atoms with E-state index < -0.39 is 11.9 Å². The molecule has 11 nitrogen and oxygen atoms in total. The van der Waals surface area contributed by atoms with E-state index in [2.05, 4.69) is 15.8 Å². The van der Waals surface area contributed by atoms with Gasteiger partial charge in [-0.15, -0.1) is 0 Å². The average Bonchev–Trinajstić information content (AvgIpc) is 3.04. The second kappa shape index (κ2) is 14.2. The largest absolute Gasteiger partial charge is 0.493 e. The number of methoxy groups -OCH3 is 4. The van der Waals surface area contributed by atoms with Crippen LogP contribution in [0.15, 0.2) is 90.0 Å². The molecule has 0 unspecified atom stereocenters. The van der Waals surface area contributed by atoms with Gasteiger partial charge in [-0.05, 0) is 66.2 Å². The van der Waals surface area contributed by atoms with Crippen LogP contribution in [0.5, 0.6) is 28.7 Å². The molecular formula is C32H29N3O8. The number of carbonyl (C=O) groups is 3. The van der Waals surface area contributed by atoms with Crippen LogP contribution in [-0.4, -0.2) is 52.4 Å². The summed E-state index contributed by atoms with van der Waals surface area (Å²) < 4.78 is 26.8. The molecule has 0 atom stereocenters. The summed E-state index contributed by atoms with van der Waals surface area (Å²) in [5.41, 5.74) is 4.46. The summed E-state index contributed by atoms with van der Waals surface area (Å²) in [6, 6.07) is 23.0. The zero-order valence-electron chi connectivity index (χ0n) is 23.9. The van der Waals surface area contributed by atoms with Crippen molar-refractivity contribution in [1.29, 1.82) is 0 Å². The third-order valence-corrected chi connectivity index (χ3v) is 6.09. The minimum atomic E-state index is -0.673. The molecule has 0 heterocycles. The van der Waals surface area contributed by atoms with E-state index in [9.17, 15) is 14.4 Å². The van der Waals surface area contributed by atoms with Crippen LogP contribution < -0.4 is 34.4 Å². The van der Waals surface area contributed by atoms with Crippen molar-refractivity contribution in [3.05, 3.63) is 107 Å². The molecule has 0 bridgehead atoms. The van der Waals surface area contributed by atoms with Gasteiger partial charge in [0.1, 0.15) is 0 Å². The Kier molecular flexibility index (Phi) is 9.93. The molecule has 220 valence electrons. The number of hydrazone groups is 1. The van der Waals surface area contributed by atoms with E-state index in [0.29, 0.717) is 39.6 Å². The Morgan fingerprint density at radius 3 is 1.95 bits per heavy atom. The summed E-state index contributed by atoms with van der Waals surface area (Å²) in [5.74, 6) is -0.0609. The smallest absolute Gasteiger partial charge is 0.343 e. The van der Waals surface area contributed by atoms with Crippen LogP contribution in [0.25, 0.3) is 0 Å². The summed E-state index contributed by atoms with van der Waals surface area (Å²) in [6.45, 7) is 0. The molecule has 0 saturated carbocycles. The fourth-order valence-electron chi connectivity index (χ4n) is 3.97. The van der Waals surface area contributed by atoms with Crippen molar-refractivity contribution in [1.82, 2.24) is 5.43 Å². The summed E-state index contributed by atoms with van der Waals surface area (Å²) in [5, 5.41) is 6.78. The van der Waals surface area contributed by atoms with Gasteiger partial charge in [-0.3, -0.25) is 9.59 Å². The number of hydrogen-bond donors (Lipinski definition) is 2. The van der Waals surface area contributed by atoms with Crippen LogP contribution in [-0.2, 0) is 0 Å². The highest BCUT2D eigenvalue weighted by Crippen LogP contribution is 2.38. The van der Waals surface area contributed by atoms with Crippen LogP contribution in [0.3, 0.4) is 0 Å². The number of ether oxygens (including phenoxy) is 5. The molecule has 4 rings (SSSR count). The maximum absolute atomic E-state index is 12.9. The van der Waals surface area contributed by atoms with E-state index in [0.717, 1.165) is 0 Å². The third-order valence-electron chi connectivity index (χ3n) is 6.09. The van der Waals surface area contributed by atoms with Gasteiger partial charge in [-0.25, -0.2) is 10.2 Å². The lowest BCUT2D eigenvalue weighted by Crippen LogP contribution is -2.18. The standard InChI is InChI=1S/C32H29N3O8/c1-39-26-15-20(13-14-25(26)43-32(38)23-17-27(40-2)29(42-4)28(18-23)41-3)19-33-35-31(37)22-11-8-12-24(16-22)34-30(36)21-9-6-5-7-10-21/h5-19H,1-4H3,(H,34,36)(H,35,37). The molecule has 4 aromatic carbocycles. The van der Waals surface area contributed by atoms with Crippen molar-refractivity contribution in [3.63, 3.8) is 0 Å². The van der Waals surface area contributed by atoms with Crippen LogP contribution in [0, 0.1) is 0 Å². The van der Waals surface area contributed by atoms with Crippen molar-refractivity contribution in [3.8, 4) is 28.7 Å². The van der Waals surface area contributed by atoms with Crippen molar-refractivity contribution in [2.24, 2.45) is 5.10 Å². The number of nitrogens with zero attached hydrogens (tertiary/aromatic N) is 1. The van der Waals surface area contributed by atoms with Gasteiger partial charge in [0.15, 0.2) is 23.0 Å². The highest BCUT2D eigenvalue weighted by atomic mass is 16.6. The Labute approximate surface area is 248 Å². The first-order chi connectivity index (χ1) is 20.9. The maximum Gasteiger partial charge on any atom is 0.343 e. The van der Waals surface area contributed by atoms with E-state index in [1.165, 1.54) is 52.9 Å². The molecule has 2 N–H and O–H groups in total. The number of amides is 2. The molecule has 0 saturated heterocycles. The Morgan fingerprint density at radius 1 is 0.628 bits per heavy atom. The van der Waals surface area contributed by atoms with Crippen molar-refractivity contribution in [2.75, 3.05) is 33.8 Å². The number of carbonyl (C=O) groups excluding carboxylic acids is 3. The van der Waals surface area contributed by atoms with E-state index in [-0.39, 0.29) is 23.0 Å². The topological polar surface area (TPSA) is 134 Å².